The van der Waals surface area contributed by atoms with Crippen LogP contribution in [-0.4, -0.2) is 36.4 Å². The molecule has 0 spiro atoms. The summed E-state index contributed by atoms with van der Waals surface area (Å²) >= 11 is 0. The van der Waals surface area contributed by atoms with Gasteiger partial charge in [-0.15, -0.1) is 0 Å². The molecule has 3 N–H and O–H groups in total. The van der Waals surface area contributed by atoms with Crippen molar-refractivity contribution in [2.45, 2.75) is 59.7 Å². The summed E-state index contributed by atoms with van der Waals surface area (Å²) in [6.45, 7) is 12.8. The number of rotatable bonds is 4. The van der Waals surface area contributed by atoms with Gasteiger partial charge in [0.25, 0.3) is 0 Å². The third-order valence-corrected chi connectivity index (χ3v) is 5.71. The van der Waals surface area contributed by atoms with Crippen LogP contribution in [0.25, 0.3) is 0 Å². The molecule has 5 heteroatoms. The van der Waals surface area contributed by atoms with Crippen LogP contribution in [0.2, 0.25) is 0 Å². The molecule has 138 valence electrons. The van der Waals surface area contributed by atoms with Crippen LogP contribution < -0.4 is 10.6 Å². The minimum absolute atomic E-state index is 0.128. The van der Waals surface area contributed by atoms with E-state index in [0.29, 0.717) is 30.4 Å². The second-order valence-electron chi connectivity index (χ2n) is 7.96. The Hall–Kier alpha value is -1.75. The van der Waals surface area contributed by atoms with Gasteiger partial charge in [0.2, 0.25) is 0 Å². The van der Waals surface area contributed by atoms with Crippen molar-refractivity contribution in [3.63, 3.8) is 0 Å². The number of hydrogen-bond donors (Lipinski definition) is 3. The van der Waals surface area contributed by atoms with Crippen molar-refractivity contribution in [3.05, 3.63) is 28.8 Å². The number of fused-ring (bicyclic) bond motifs is 1. The summed E-state index contributed by atoms with van der Waals surface area (Å²) in [6, 6.07) is 4.40. The van der Waals surface area contributed by atoms with Gasteiger partial charge >= 0.3 is 0 Å². The number of ether oxygens (including phenoxy) is 1. The SMILES string of the molecule is CCNC(=NCc1cc(C)c(O)c(C)c1)NC1C2CCOC2C1(C)C. The number of nitrogens with zero attached hydrogens (tertiary/aromatic N) is 1. The summed E-state index contributed by atoms with van der Waals surface area (Å²) in [5, 5.41) is 16.9. The van der Waals surface area contributed by atoms with Crippen LogP contribution in [-0.2, 0) is 11.3 Å². The fourth-order valence-corrected chi connectivity index (χ4v) is 4.39. The number of aromatic hydroxyl groups is 1. The van der Waals surface area contributed by atoms with Crippen LogP contribution in [0.1, 0.15) is 43.9 Å². The molecule has 2 fully saturated rings. The third kappa shape index (κ3) is 3.34. The molecule has 25 heavy (non-hydrogen) atoms. The molecule has 0 aromatic heterocycles. The highest BCUT2D eigenvalue weighted by molar-refractivity contribution is 5.80. The van der Waals surface area contributed by atoms with E-state index in [1.165, 1.54) is 0 Å². The number of nitrogens with one attached hydrogen (secondary N) is 2. The topological polar surface area (TPSA) is 65.9 Å². The monoisotopic (exact) mass is 345 g/mol. The normalized spacial score (nSPS) is 27.6. The maximum Gasteiger partial charge on any atom is 0.191 e. The number of aryl methyl sites for hydroxylation is 2. The van der Waals surface area contributed by atoms with Crippen LogP contribution >= 0.6 is 0 Å². The predicted octanol–water partition coefficient (Wildman–Crippen LogP) is 2.88. The molecule has 1 aromatic carbocycles. The quantitative estimate of drug-likeness (QED) is 0.580. The molecule has 1 saturated heterocycles. The second kappa shape index (κ2) is 6.87. The zero-order valence-corrected chi connectivity index (χ0v) is 16.0. The highest BCUT2D eigenvalue weighted by atomic mass is 16.5. The third-order valence-electron chi connectivity index (χ3n) is 5.71. The van der Waals surface area contributed by atoms with E-state index >= 15 is 0 Å². The Morgan fingerprint density at radius 3 is 2.64 bits per heavy atom. The van der Waals surface area contributed by atoms with E-state index in [9.17, 15) is 5.11 Å². The lowest BCUT2D eigenvalue weighted by molar-refractivity contribution is -0.106. The lowest BCUT2D eigenvalue weighted by Crippen LogP contribution is -2.67. The molecule has 5 nitrogen and oxygen atoms in total. The molecule has 2 aliphatic rings. The van der Waals surface area contributed by atoms with Crippen LogP contribution in [0.3, 0.4) is 0 Å². The molecule has 0 radical (unpaired) electrons. The van der Waals surface area contributed by atoms with Crippen LogP contribution in [0, 0.1) is 25.2 Å². The van der Waals surface area contributed by atoms with E-state index in [2.05, 4.69) is 31.4 Å². The van der Waals surface area contributed by atoms with E-state index in [1.54, 1.807) is 0 Å². The Morgan fingerprint density at radius 2 is 2.00 bits per heavy atom. The average molecular weight is 345 g/mol. The number of phenolic OH excluding ortho intramolecular Hbond substituents is 1. The summed E-state index contributed by atoms with van der Waals surface area (Å²) < 4.78 is 5.88. The van der Waals surface area contributed by atoms with E-state index in [4.69, 9.17) is 9.73 Å². The highest BCUT2D eigenvalue weighted by Gasteiger charge is 2.59. The van der Waals surface area contributed by atoms with Crippen molar-refractivity contribution in [1.82, 2.24) is 10.6 Å². The zero-order chi connectivity index (χ0) is 18.2. The molecule has 0 amide bonds. The number of phenols is 1. The number of hydrogen-bond acceptors (Lipinski definition) is 3. The molecule has 1 heterocycles. The molecule has 1 aliphatic carbocycles. The number of benzene rings is 1. The largest absolute Gasteiger partial charge is 0.507 e. The Balaban J connectivity index is 1.72. The standard InChI is InChI=1S/C20H31N3O2/c1-6-21-19(22-11-14-9-12(2)16(24)13(3)10-14)23-17-15-7-8-25-18(15)20(17,4)5/h9-10,15,17-18,24H,6-8,11H2,1-5H3,(H2,21,22,23). The fourth-order valence-electron chi connectivity index (χ4n) is 4.39. The zero-order valence-electron chi connectivity index (χ0n) is 16.0. The molecule has 3 atom stereocenters. The van der Waals surface area contributed by atoms with E-state index in [0.717, 1.165) is 42.2 Å². The van der Waals surface area contributed by atoms with Crippen molar-refractivity contribution in [2.75, 3.05) is 13.2 Å². The first-order valence-corrected chi connectivity index (χ1v) is 9.30. The van der Waals surface area contributed by atoms with Gasteiger partial charge in [-0.2, -0.15) is 0 Å². The number of aliphatic imine (C=N–C) groups is 1. The van der Waals surface area contributed by atoms with Gasteiger partial charge in [-0.3, -0.25) is 0 Å². The van der Waals surface area contributed by atoms with Gasteiger partial charge < -0.3 is 20.5 Å². The summed E-state index contributed by atoms with van der Waals surface area (Å²) in [5.74, 6) is 1.81. The summed E-state index contributed by atoms with van der Waals surface area (Å²) in [7, 11) is 0. The molecular weight excluding hydrogens is 314 g/mol. The predicted molar refractivity (Wildman–Crippen MR) is 101 cm³/mol. The Kier molecular flexibility index (Phi) is 4.96. The molecule has 1 aliphatic heterocycles. The number of guanidine groups is 1. The maximum atomic E-state index is 9.92. The smallest absolute Gasteiger partial charge is 0.191 e. The minimum Gasteiger partial charge on any atom is -0.507 e. The first kappa shape index (κ1) is 18.1. The molecule has 3 rings (SSSR count). The molecule has 1 aromatic rings. The van der Waals surface area contributed by atoms with Gasteiger partial charge in [-0.25, -0.2) is 4.99 Å². The van der Waals surface area contributed by atoms with E-state index < -0.39 is 0 Å². The average Bonchev–Trinajstić information content (AvgIpc) is 3.02. The van der Waals surface area contributed by atoms with Crippen molar-refractivity contribution >= 4 is 5.96 Å². The highest BCUT2D eigenvalue weighted by Crippen LogP contribution is 2.52. The van der Waals surface area contributed by atoms with Gasteiger partial charge in [0.15, 0.2) is 5.96 Å². The van der Waals surface area contributed by atoms with Crippen LogP contribution in [0.15, 0.2) is 17.1 Å². The Bertz CT molecular complexity index is 646. The van der Waals surface area contributed by atoms with Crippen molar-refractivity contribution in [1.29, 1.82) is 0 Å². The van der Waals surface area contributed by atoms with Crippen molar-refractivity contribution in [3.8, 4) is 5.75 Å². The minimum atomic E-state index is 0.128. The summed E-state index contributed by atoms with van der Waals surface area (Å²) in [5.41, 5.74) is 3.03. The van der Waals surface area contributed by atoms with Gasteiger partial charge in [-0.1, -0.05) is 26.0 Å². The van der Waals surface area contributed by atoms with E-state index in [1.807, 2.05) is 26.0 Å². The maximum absolute atomic E-state index is 9.92. The van der Waals surface area contributed by atoms with Gasteiger partial charge in [0, 0.05) is 30.5 Å². The van der Waals surface area contributed by atoms with E-state index in [-0.39, 0.29) is 5.41 Å². The molecular formula is C20H31N3O2. The molecule has 0 bridgehead atoms. The van der Waals surface area contributed by atoms with Crippen molar-refractivity contribution < 1.29 is 9.84 Å². The Labute approximate surface area is 150 Å². The van der Waals surface area contributed by atoms with Crippen LogP contribution in [0.5, 0.6) is 5.75 Å². The van der Waals surface area contributed by atoms with Gasteiger partial charge in [0.05, 0.1) is 12.6 Å². The molecule has 1 saturated carbocycles. The Morgan fingerprint density at radius 1 is 1.32 bits per heavy atom. The van der Waals surface area contributed by atoms with Crippen molar-refractivity contribution in [2.24, 2.45) is 16.3 Å². The van der Waals surface area contributed by atoms with Crippen LogP contribution in [0.4, 0.5) is 0 Å². The summed E-state index contributed by atoms with van der Waals surface area (Å²) in [6.07, 6.45) is 1.50. The summed E-state index contributed by atoms with van der Waals surface area (Å²) in [4.78, 5) is 4.77. The van der Waals surface area contributed by atoms with Gasteiger partial charge in [0.1, 0.15) is 5.75 Å². The van der Waals surface area contributed by atoms with Gasteiger partial charge in [-0.05, 0) is 43.9 Å². The lowest BCUT2D eigenvalue weighted by Gasteiger charge is -2.54. The molecule has 3 unspecified atom stereocenters. The first-order valence-electron chi connectivity index (χ1n) is 9.30. The fraction of sp³-hybridized carbons (Fsp3) is 0.650. The second-order valence-corrected chi connectivity index (χ2v) is 7.96. The lowest BCUT2D eigenvalue weighted by atomic mass is 9.57. The first-order chi connectivity index (χ1) is 11.8.